The number of likely N-dealkylation sites (N-methyl/N-ethyl adjacent to an activating group) is 1. The van der Waals surface area contributed by atoms with E-state index in [4.69, 9.17) is 0 Å². The summed E-state index contributed by atoms with van der Waals surface area (Å²) in [5.74, 6) is 0. The molecule has 0 saturated carbocycles. The minimum Gasteiger partial charge on any atom is -0.366 e. The maximum atomic E-state index is 3.77. The Morgan fingerprint density at radius 3 is 2.80 bits per heavy atom. The highest BCUT2D eigenvalue weighted by Crippen LogP contribution is 2.30. The van der Waals surface area contributed by atoms with Gasteiger partial charge < -0.3 is 15.1 Å². The second-order valence-corrected chi connectivity index (χ2v) is 6.54. The molecule has 2 rings (SSSR count). The molecule has 0 radical (unpaired) electrons. The molecule has 20 heavy (non-hydrogen) atoms. The van der Waals surface area contributed by atoms with E-state index in [-0.39, 0.29) is 0 Å². The first kappa shape index (κ1) is 15.8. The van der Waals surface area contributed by atoms with Crippen molar-refractivity contribution >= 4 is 21.6 Å². The molecule has 0 bridgehead atoms. The zero-order valence-corrected chi connectivity index (χ0v) is 14.4. The number of hydrogen-bond donors (Lipinski definition) is 1. The third-order valence-corrected chi connectivity index (χ3v) is 4.71. The van der Waals surface area contributed by atoms with E-state index in [1.165, 1.54) is 35.1 Å². The van der Waals surface area contributed by atoms with E-state index >= 15 is 0 Å². The van der Waals surface area contributed by atoms with Crippen molar-refractivity contribution in [3.8, 4) is 0 Å². The summed E-state index contributed by atoms with van der Waals surface area (Å²) in [6, 6.07) is 7.35. The fraction of sp³-hybridized carbons (Fsp3) is 0.625. The van der Waals surface area contributed by atoms with Gasteiger partial charge in [0.1, 0.15) is 0 Å². The SMILES string of the molecule is CCC1CN(C)CCCN1c1ccc(CNC)cc1Br. The minimum atomic E-state index is 0.606. The van der Waals surface area contributed by atoms with Crippen LogP contribution in [0.4, 0.5) is 5.69 Å². The van der Waals surface area contributed by atoms with Crippen LogP contribution < -0.4 is 10.2 Å². The van der Waals surface area contributed by atoms with Gasteiger partial charge >= 0.3 is 0 Å². The smallest absolute Gasteiger partial charge is 0.0513 e. The second-order valence-electron chi connectivity index (χ2n) is 5.69. The average Bonchev–Trinajstić information content (AvgIpc) is 2.61. The molecule has 0 amide bonds. The lowest BCUT2D eigenvalue weighted by molar-refractivity contribution is 0.328. The molecule has 4 heteroatoms. The van der Waals surface area contributed by atoms with Crippen molar-refractivity contribution < 1.29 is 0 Å². The van der Waals surface area contributed by atoms with Crippen LogP contribution in [0.5, 0.6) is 0 Å². The summed E-state index contributed by atoms with van der Waals surface area (Å²) in [7, 11) is 4.22. The van der Waals surface area contributed by atoms with Gasteiger partial charge in [-0.05, 0) is 67.1 Å². The van der Waals surface area contributed by atoms with Gasteiger partial charge in [0, 0.05) is 30.1 Å². The van der Waals surface area contributed by atoms with Crippen molar-refractivity contribution in [3.05, 3.63) is 28.2 Å². The normalized spacial score (nSPS) is 21.0. The summed E-state index contributed by atoms with van der Waals surface area (Å²) in [6.45, 7) is 6.70. The van der Waals surface area contributed by atoms with Crippen LogP contribution in [0.3, 0.4) is 0 Å². The minimum absolute atomic E-state index is 0.606. The maximum absolute atomic E-state index is 3.77. The van der Waals surface area contributed by atoms with Gasteiger partial charge in [0.2, 0.25) is 0 Å². The zero-order valence-electron chi connectivity index (χ0n) is 12.8. The van der Waals surface area contributed by atoms with Crippen LogP contribution in [0.2, 0.25) is 0 Å². The van der Waals surface area contributed by atoms with Gasteiger partial charge in [-0.25, -0.2) is 0 Å². The fourth-order valence-corrected chi connectivity index (χ4v) is 3.66. The number of hydrogen-bond acceptors (Lipinski definition) is 3. The third kappa shape index (κ3) is 3.74. The molecule has 1 atom stereocenters. The van der Waals surface area contributed by atoms with E-state index < -0.39 is 0 Å². The maximum Gasteiger partial charge on any atom is 0.0513 e. The molecule has 112 valence electrons. The second kappa shape index (κ2) is 7.43. The Kier molecular flexibility index (Phi) is 5.87. The van der Waals surface area contributed by atoms with Gasteiger partial charge in [0.05, 0.1) is 5.69 Å². The number of benzene rings is 1. The Morgan fingerprint density at radius 1 is 1.35 bits per heavy atom. The molecule has 1 aromatic rings. The molecule has 0 aliphatic carbocycles. The summed E-state index contributed by atoms with van der Waals surface area (Å²) < 4.78 is 1.22. The molecule has 1 unspecified atom stereocenters. The molecule has 0 spiro atoms. The van der Waals surface area contributed by atoms with Crippen LogP contribution in [-0.2, 0) is 6.54 Å². The first-order valence-corrected chi connectivity index (χ1v) is 8.33. The van der Waals surface area contributed by atoms with Crippen molar-refractivity contribution in [2.45, 2.75) is 32.4 Å². The Labute approximate surface area is 131 Å². The Hall–Kier alpha value is -0.580. The average molecular weight is 340 g/mol. The standard InChI is InChI=1S/C16H26BrN3/c1-4-14-12-19(3)8-5-9-20(14)16-7-6-13(11-18-2)10-15(16)17/h6-7,10,14,18H,4-5,8-9,11-12H2,1-3H3. The molecule has 1 N–H and O–H groups in total. The van der Waals surface area contributed by atoms with Gasteiger partial charge in [0.15, 0.2) is 0 Å². The van der Waals surface area contributed by atoms with Crippen LogP contribution in [0.25, 0.3) is 0 Å². The number of nitrogens with one attached hydrogen (secondary N) is 1. The third-order valence-electron chi connectivity index (χ3n) is 4.08. The van der Waals surface area contributed by atoms with Gasteiger partial charge in [-0.1, -0.05) is 13.0 Å². The number of nitrogens with zero attached hydrogens (tertiary/aromatic N) is 2. The van der Waals surface area contributed by atoms with Crippen molar-refractivity contribution in [2.75, 3.05) is 38.6 Å². The largest absolute Gasteiger partial charge is 0.366 e. The predicted octanol–water partition coefficient (Wildman–Crippen LogP) is 3.09. The lowest BCUT2D eigenvalue weighted by Crippen LogP contribution is -2.40. The topological polar surface area (TPSA) is 18.5 Å². The summed E-state index contributed by atoms with van der Waals surface area (Å²) in [5.41, 5.74) is 2.66. The van der Waals surface area contributed by atoms with Gasteiger partial charge in [-0.2, -0.15) is 0 Å². The van der Waals surface area contributed by atoms with Crippen molar-refractivity contribution in [1.29, 1.82) is 0 Å². The molecular weight excluding hydrogens is 314 g/mol. The first-order chi connectivity index (χ1) is 9.65. The van der Waals surface area contributed by atoms with Crippen LogP contribution >= 0.6 is 15.9 Å². The molecule has 1 aliphatic rings. The predicted molar refractivity (Wildman–Crippen MR) is 90.4 cm³/mol. The summed E-state index contributed by atoms with van der Waals surface area (Å²) in [5, 5.41) is 3.20. The highest BCUT2D eigenvalue weighted by atomic mass is 79.9. The first-order valence-electron chi connectivity index (χ1n) is 7.54. The van der Waals surface area contributed by atoms with Crippen molar-refractivity contribution in [1.82, 2.24) is 10.2 Å². The van der Waals surface area contributed by atoms with E-state index in [0.29, 0.717) is 6.04 Å². The van der Waals surface area contributed by atoms with Gasteiger partial charge in [-0.3, -0.25) is 0 Å². The summed E-state index contributed by atoms with van der Waals surface area (Å²) in [6.07, 6.45) is 2.42. The van der Waals surface area contributed by atoms with Crippen LogP contribution in [0, 0.1) is 0 Å². The Balaban J connectivity index is 2.23. The number of halogens is 1. The monoisotopic (exact) mass is 339 g/mol. The van der Waals surface area contributed by atoms with Crippen molar-refractivity contribution in [3.63, 3.8) is 0 Å². The quantitative estimate of drug-likeness (QED) is 0.909. The molecule has 1 heterocycles. The van der Waals surface area contributed by atoms with E-state index in [1.54, 1.807) is 0 Å². The lowest BCUT2D eigenvalue weighted by Gasteiger charge is -2.33. The van der Waals surface area contributed by atoms with Crippen LogP contribution in [-0.4, -0.2) is 44.7 Å². The van der Waals surface area contributed by atoms with E-state index in [2.05, 4.69) is 63.2 Å². The number of rotatable bonds is 4. The van der Waals surface area contributed by atoms with E-state index in [0.717, 1.165) is 19.6 Å². The Bertz CT molecular complexity index is 436. The van der Waals surface area contributed by atoms with E-state index in [9.17, 15) is 0 Å². The Morgan fingerprint density at radius 2 is 2.15 bits per heavy atom. The van der Waals surface area contributed by atoms with Gasteiger partial charge in [-0.15, -0.1) is 0 Å². The molecule has 1 aliphatic heterocycles. The fourth-order valence-electron chi connectivity index (χ4n) is 3.01. The molecule has 1 saturated heterocycles. The van der Waals surface area contributed by atoms with E-state index in [1.807, 2.05) is 7.05 Å². The highest BCUT2D eigenvalue weighted by molar-refractivity contribution is 9.10. The lowest BCUT2D eigenvalue weighted by atomic mass is 10.1. The summed E-state index contributed by atoms with van der Waals surface area (Å²) >= 11 is 3.77. The zero-order chi connectivity index (χ0) is 14.5. The molecular formula is C16H26BrN3. The summed E-state index contributed by atoms with van der Waals surface area (Å²) in [4.78, 5) is 5.04. The molecule has 0 aromatic heterocycles. The number of anilines is 1. The molecule has 1 aromatic carbocycles. The molecule has 1 fully saturated rings. The van der Waals surface area contributed by atoms with Crippen molar-refractivity contribution in [2.24, 2.45) is 0 Å². The van der Waals surface area contributed by atoms with Gasteiger partial charge in [0.25, 0.3) is 0 Å². The van der Waals surface area contributed by atoms with Crippen LogP contribution in [0.1, 0.15) is 25.3 Å². The van der Waals surface area contributed by atoms with Crippen LogP contribution in [0.15, 0.2) is 22.7 Å². The molecule has 3 nitrogen and oxygen atoms in total. The highest BCUT2D eigenvalue weighted by Gasteiger charge is 2.23.